The number of hydrogen-bond donors (Lipinski definition) is 2. The Morgan fingerprint density at radius 1 is 1.55 bits per heavy atom. The summed E-state index contributed by atoms with van der Waals surface area (Å²) in [4.78, 5) is 12.5. The molecular formula is C15H26N4O3. The van der Waals surface area contributed by atoms with Gasteiger partial charge in [0.1, 0.15) is 0 Å². The van der Waals surface area contributed by atoms with Crippen LogP contribution in [0.3, 0.4) is 0 Å². The molecule has 1 aliphatic heterocycles. The van der Waals surface area contributed by atoms with E-state index in [1.165, 1.54) is 0 Å². The second-order valence-electron chi connectivity index (χ2n) is 5.80. The number of hydrogen-bond acceptors (Lipinski definition) is 5. The van der Waals surface area contributed by atoms with E-state index in [1.807, 2.05) is 26.4 Å². The number of rotatable bonds is 8. The predicted molar refractivity (Wildman–Crippen MR) is 82.6 cm³/mol. The van der Waals surface area contributed by atoms with Crippen LogP contribution in [0, 0.1) is 5.92 Å². The second kappa shape index (κ2) is 8.26. The highest BCUT2D eigenvalue weighted by Gasteiger charge is 2.35. The van der Waals surface area contributed by atoms with Crippen molar-refractivity contribution in [1.82, 2.24) is 20.4 Å². The summed E-state index contributed by atoms with van der Waals surface area (Å²) in [6, 6.07) is -0.0143. The minimum absolute atomic E-state index is 0.0143. The summed E-state index contributed by atoms with van der Waals surface area (Å²) in [5, 5.41) is 10.5. The third kappa shape index (κ3) is 4.53. The molecule has 1 aromatic rings. The summed E-state index contributed by atoms with van der Waals surface area (Å²) in [6.45, 7) is 5.06. The van der Waals surface area contributed by atoms with E-state index in [-0.39, 0.29) is 23.8 Å². The lowest BCUT2D eigenvalue weighted by Gasteiger charge is -2.20. The number of ether oxygens (including phenoxy) is 2. The van der Waals surface area contributed by atoms with E-state index >= 15 is 0 Å². The van der Waals surface area contributed by atoms with Gasteiger partial charge in [-0.3, -0.25) is 9.48 Å². The fraction of sp³-hybridized carbons (Fsp3) is 0.733. The molecule has 0 radical (unpaired) electrons. The molecule has 1 aliphatic rings. The molecule has 22 heavy (non-hydrogen) atoms. The molecule has 2 N–H and O–H groups in total. The number of aryl methyl sites for hydroxylation is 1. The third-order valence-electron chi connectivity index (χ3n) is 3.89. The molecular weight excluding hydrogens is 284 g/mol. The third-order valence-corrected chi connectivity index (χ3v) is 3.89. The fourth-order valence-corrected chi connectivity index (χ4v) is 2.73. The standard InChI is InChI=1S/C15H26N4O3/c1-11(10-22-5-4-21-3)18-15(20)14-8-16-7-13(14)12-6-17-19(2)9-12/h6,9,11,13-14,16H,4-5,7-8,10H2,1-3H3,(H,18,20)/t11?,13-,14+/m1/s1. The lowest BCUT2D eigenvalue weighted by molar-refractivity contribution is -0.125. The van der Waals surface area contributed by atoms with Crippen molar-refractivity contribution in [2.45, 2.75) is 18.9 Å². The van der Waals surface area contributed by atoms with E-state index in [0.717, 1.165) is 12.1 Å². The van der Waals surface area contributed by atoms with Crippen LogP contribution in [-0.2, 0) is 21.3 Å². The van der Waals surface area contributed by atoms with Gasteiger partial charge in [0.15, 0.2) is 0 Å². The molecule has 2 rings (SSSR count). The van der Waals surface area contributed by atoms with Crippen LogP contribution in [0.2, 0.25) is 0 Å². The summed E-state index contributed by atoms with van der Waals surface area (Å²) in [5.41, 5.74) is 1.11. The highest BCUT2D eigenvalue weighted by molar-refractivity contribution is 5.80. The summed E-state index contributed by atoms with van der Waals surface area (Å²) in [7, 11) is 3.53. The fourth-order valence-electron chi connectivity index (χ4n) is 2.73. The van der Waals surface area contributed by atoms with Gasteiger partial charge in [-0.25, -0.2) is 0 Å². The van der Waals surface area contributed by atoms with Gasteiger partial charge in [-0.2, -0.15) is 5.10 Å². The Morgan fingerprint density at radius 2 is 2.36 bits per heavy atom. The van der Waals surface area contributed by atoms with Crippen LogP contribution < -0.4 is 10.6 Å². The Hall–Kier alpha value is -1.44. The zero-order valence-corrected chi connectivity index (χ0v) is 13.5. The van der Waals surface area contributed by atoms with Gasteiger partial charge in [0, 0.05) is 45.4 Å². The first-order valence-electron chi connectivity index (χ1n) is 7.68. The molecule has 0 aromatic carbocycles. The normalized spacial score (nSPS) is 22.7. The molecule has 0 bridgehead atoms. The van der Waals surface area contributed by atoms with Crippen LogP contribution >= 0.6 is 0 Å². The molecule has 3 atom stereocenters. The van der Waals surface area contributed by atoms with Gasteiger partial charge in [-0.05, 0) is 12.5 Å². The molecule has 7 heteroatoms. The highest BCUT2D eigenvalue weighted by Crippen LogP contribution is 2.27. The maximum absolute atomic E-state index is 12.5. The van der Waals surface area contributed by atoms with E-state index in [4.69, 9.17) is 9.47 Å². The number of amides is 1. The zero-order valence-electron chi connectivity index (χ0n) is 13.5. The van der Waals surface area contributed by atoms with Crippen LogP contribution in [0.25, 0.3) is 0 Å². The van der Waals surface area contributed by atoms with Crippen LogP contribution in [0.4, 0.5) is 0 Å². The number of nitrogens with zero attached hydrogens (tertiary/aromatic N) is 2. The maximum atomic E-state index is 12.5. The summed E-state index contributed by atoms with van der Waals surface area (Å²) in [5.74, 6) is 0.183. The van der Waals surface area contributed by atoms with E-state index < -0.39 is 0 Å². The number of aromatic nitrogens is 2. The largest absolute Gasteiger partial charge is 0.382 e. The van der Waals surface area contributed by atoms with Crippen LogP contribution in [0.5, 0.6) is 0 Å². The van der Waals surface area contributed by atoms with Crippen molar-refractivity contribution in [2.75, 3.05) is 40.0 Å². The first-order chi connectivity index (χ1) is 10.6. The van der Waals surface area contributed by atoms with E-state index in [1.54, 1.807) is 11.8 Å². The molecule has 1 aromatic heterocycles. The molecule has 2 heterocycles. The van der Waals surface area contributed by atoms with Crippen molar-refractivity contribution < 1.29 is 14.3 Å². The molecule has 1 saturated heterocycles. The number of nitrogens with one attached hydrogen (secondary N) is 2. The molecule has 0 saturated carbocycles. The molecule has 124 valence electrons. The van der Waals surface area contributed by atoms with Gasteiger partial charge in [-0.15, -0.1) is 0 Å². The summed E-state index contributed by atoms with van der Waals surface area (Å²) >= 11 is 0. The first-order valence-corrected chi connectivity index (χ1v) is 7.68. The number of carbonyl (C=O) groups excluding carboxylic acids is 1. The topological polar surface area (TPSA) is 77.4 Å². The van der Waals surface area contributed by atoms with Crippen molar-refractivity contribution in [3.8, 4) is 0 Å². The average Bonchev–Trinajstić information content (AvgIpc) is 3.11. The van der Waals surface area contributed by atoms with Crippen molar-refractivity contribution in [1.29, 1.82) is 0 Å². The number of methoxy groups -OCH3 is 1. The summed E-state index contributed by atoms with van der Waals surface area (Å²) in [6.07, 6.45) is 3.82. The van der Waals surface area contributed by atoms with Gasteiger partial charge < -0.3 is 20.1 Å². The Morgan fingerprint density at radius 3 is 3.05 bits per heavy atom. The maximum Gasteiger partial charge on any atom is 0.225 e. The van der Waals surface area contributed by atoms with Crippen LogP contribution in [0.15, 0.2) is 12.4 Å². The van der Waals surface area contributed by atoms with Crippen molar-refractivity contribution in [3.63, 3.8) is 0 Å². The lowest BCUT2D eigenvalue weighted by Crippen LogP contribution is -2.41. The van der Waals surface area contributed by atoms with Gasteiger partial charge in [0.05, 0.1) is 31.9 Å². The van der Waals surface area contributed by atoms with Crippen LogP contribution in [0.1, 0.15) is 18.4 Å². The smallest absolute Gasteiger partial charge is 0.225 e. The SMILES string of the molecule is COCCOCC(C)NC(=O)[C@H]1CNC[C@@H]1c1cnn(C)c1. The minimum atomic E-state index is -0.0642. The Labute approximate surface area is 131 Å². The van der Waals surface area contributed by atoms with Crippen LogP contribution in [-0.4, -0.2) is 61.7 Å². The zero-order chi connectivity index (χ0) is 15.9. The predicted octanol–water partition coefficient (Wildman–Crippen LogP) is -0.109. The van der Waals surface area contributed by atoms with E-state index in [9.17, 15) is 4.79 Å². The van der Waals surface area contributed by atoms with Crippen molar-refractivity contribution >= 4 is 5.91 Å². The van der Waals surface area contributed by atoms with Gasteiger partial charge in [-0.1, -0.05) is 0 Å². The van der Waals surface area contributed by atoms with E-state index in [0.29, 0.717) is 26.4 Å². The quantitative estimate of drug-likeness (QED) is 0.655. The molecule has 1 amide bonds. The Bertz CT molecular complexity index is 477. The number of carbonyl (C=O) groups is 1. The molecule has 1 unspecified atom stereocenters. The van der Waals surface area contributed by atoms with Gasteiger partial charge in [0.2, 0.25) is 5.91 Å². The lowest BCUT2D eigenvalue weighted by atomic mass is 9.90. The summed E-state index contributed by atoms with van der Waals surface area (Å²) < 4.78 is 12.1. The molecule has 7 nitrogen and oxygen atoms in total. The van der Waals surface area contributed by atoms with Crippen molar-refractivity contribution in [3.05, 3.63) is 18.0 Å². The highest BCUT2D eigenvalue weighted by atomic mass is 16.5. The molecule has 1 fully saturated rings. The first kappa shape index (κ1) is 16.9. The monoisotopic (exact) mass is 310 g/mol. The molecule has 0 spiro atoms. The van der Waals surface area contributed by atoms with E-state index in [2.05, 4.69) is 15.7 Å². The second-order valence-corrected chi connectivity index (χ2v) is 5.80. The van der Waals surface area contributed by atoms with Crippen molar-refractivity contribution in [2.24, 2.45) is 13.0 Å². The average molecular weight is 310 g/mol. The Kier molecular flexibility index (Phi) is 6.35. The molecule has 0 aliphatic carbocycles. The minimum Gasteiger partial charge on any atom is -0.382 e. The van der Waals surface area contributed by atoms with Gasteiger partial charge >= 0.3 is 0 Å². The van der Waals surface area contributed by atoms with Gasteiger partial charge in [0.25, 0.3) is 0 Å². The Balaban J connectivity index is 1.83.